The lowest BCUT2D eigenvalue weighted by molar-refractivity contribution is 0.0948. The molecule has 0 atom stereocenters. The highest BCUT2D eigenvalue weighted by molar-refractivity contribution is 6.02. The molecule has 0 spiro atoms. The van der Waals surface area contributed by atoms with Crippen LogP contribution in [0.15, 0.2) is 30.3 Å². The highest BCUT2D eigenvalue weighted by Crippen LogP contribution is 1.96. The predicted octanol–water partition coefficient (Wildman–Crippen LogP) is 1.09. The molecule has 0 aliphatic rings. The Morgan fingerprint density at radius 3 is 2.25 bits per heavy atom. The van der Waals surface area contributed by atoms with E-state index in [0.29, 0.717) is 5.56 Å². The first kappa shape index (κ1) is 8.26. The quantitative estimate of drug-likeness (QED) is 0.654. The molecular weight excluding hydrogens is 158 g/mol. The van der Waals surface area contributed by atoms with E-state index in [4.69, 9.17) is 5.11 Å². The van der Waals surface area contributed by atoms with Crippen LogP contribution in [0.2, 0.25) is 0 Å². The van der Waals surface area contributed by atoms with Crippen molar-refractivity contribution in [1.29, 1.82) is 0 Å². The van der Waals surface area contributed by atoms with Crippen molar-refractivity contribution < 1.29 is 14.7 Å². The summed E-state index contributed by atoms with van der Waals surface area (Å²) >= 11 is 0. The maximum Gasteiger partial charge on any atom is 0.411 e. The zero-order chi connectivity index (χ0) is 8.97. The molecule has 0 unspecified atom stereocenters. The normalized spacial score (nSPS) is 9.00. The lowest BCUT2D eigenvalue weighted by atomic mass is 10.2. The van der Waals surface area contributed by atoms with Gasteiger partial charge in [-0.2, -0.15) is 0 Å². The Balaban J connectivity index is 2.73. The van der Waals surface area contributed by atoms with Gasteiger partial charge in [0.15, 0.2) is 0 Å². The van der Waals surface area contributed by atoms with Crippen LogP contribution in [0.5, 0.6) is 0 Å². The first-order valence-electron chi connectivity index (χ1n) is 3.29. The van der Waals surface area contributed by atoms with Gasteiger partial charge in [0.1, 0.15) is 0 Å². The molecule has 0 aliphatic heterocycles. The van der Waals surface area contributed by atoms with E-state index in [1.165, 1.54) is 12.1 Å². The molecule has 0 heterocycles. The van der Waals surface area contributed by atoms with Gasteiger partial charge in [-0.1, -0.05) is 18.2 Å². The second-order valence-electron chi connectivity index (χ2n) is 2.13. The second kappa shape index (κ2) is 3.52. The largest absolute Gasteiger partial charge is 0.465 e. The van der Waals surface area contributed by atoms with Crippen LogP contribution in [-0.2, 0) is 0 Å². The van der Waals surface area contributed by atoms with Crippen LogP contribution in [0.3, 0.4) is 0 Å². The van der Waals surface area contributed by atoms with Crippen LogP contribution in [0, 0.1) is 0 Å². The minimum Gasteiger partial charge on any atom is -0.465 e. The summed E-state index contributed by atoms with van der Waals surface area (Å²) in [7, 11) is 0. The molecule has 1 aromatic rings. The number of carbonyl (C=O) groups excluding carboxylic acids is 1. The van der Waals surface area contributed by atoms with Crippen LogP contribution in [-0.4, -0.2) is 17.1 Å². The van der Waals surface area contributed by atoms with Crippen molar-refractivity contribution in [2.45, 2.75) is 0 Å². The first-order valence-corrected chi connectivity index (χ1v) is 3.29. The third-order valence-corrected chi connectivity index (χ3v) is 1.26. The summed E-state index contributed by atoms with van der Waals surface area (Å²) in [6, 6.07) is 8.15. The highest BCUT2D eigenvalue weighted by Gasteiger charge is 2.06. The van der Waals surface area contributed by atoms with Crippen LogP contribution >= 0.6 is 0 Å². The maximum absolute atomic E-state index is 11.0. The molecule has 4 nitrogen and oxygen atoms in total. The molecule has 62 valence electrons. The predicted molar refractivity (Wildman–Crippen MR) is 41.9 cm³/mol. The maximum atomic E-state index is 11.0. The molecule has 0 fully saturated rings. The molecule has 2 amide bonds. The van der Waals surface area contributed by atoms with Gasteiger partial charge < -0.3 is 5.11 Å². The van der Waals surface area contributed by atoms with Crippen molar-refractivity contribution in [2.75, 3.05) is 0 Å². The summed E-state index contributed by atoms with van der Waals surface area (Å²) in [4.78, 5) is 21.0. The number of nitrogens with one attached hydrogen (secondary N) is 1. The fourth-order valence-corrected chi connectivity index (χ4v) is 0.759. The number of hydrogen-bond acceptors (Lipinski definition) is 2. The third-order valence-electron chi connectivity index (χ3n) is 1.26. The van der Waals surface area contributed by atoms with Crippen molar-refractivity contribution in [2.24, 2.45) is 0 Å². The minimum atomic E-state index is -1.34. The molecule has 4 heteroatoms. The molecule has 1 aromatic carbocycles. The zero-order valence-electron chi connectivity index (χ0n) is 6.15. The minimum absolute atomic E-state index is 0.333. The van der Waals surface area contributed by atoms with Gasteiger partial charge in [0.25, 0.3) is 5.91 Å². The third kappa shape index (κ3) is 2.09. The van der Waals surface area contributed by atoms with E-state index in [9.17, 15) is 9.59 Å². The molecule has 0 saturated heterocycles. The standard InChI is InChI=1S/C8H7NO3/c10-7(9-8(11)12)6-4-2-1-3-5-6/h1-5H,(H,9,10)(H,11,12). The summed E-state index contributed by atoms with van der Waals surface area (Å²) < 4.78 is 0. The van der Waals surface area contributed by atoms with Gasteiger partial charge in [-0.25, -0.2) is 4.79 Å². The molecule has 12 heavy (non-hydrogen) atoms. The fourth-order valence-electron chi connectivity index (χ4n) is 0.759. The van der Waals surface area contributed by atoms with Crippen molar-refractivity contribution in [3.05, 3.63) is 35.9 Å². The number of carbonyl (C=O) groups is 2. The molecule has 0 aromatic heterocycles. The van der Waals surface area contributed by atoms with Gasteiger partial charge in [0.2, 0.25) is 0 Å². The number of imide groups is 1. The van der Waals surface area contributed by atoms with E-state index in [0.717, 1.165) is 0 Å². The Hall–Kier alpha value is -1.84. The monoisotopic (exact) mass is 165 g/mol. The Morgan fingerprint density at radius 1 is 1.17 bits per heavy atom. The van der Waals surface area contributed by atoms with Crippen LogP contribution in [0.25, 0.3) is 0 Å². The Labute approximate surface area is 68.8 Å². The molecule has 2 N–H and O–H groups in total. The molecule has 0 aliphatic carbocycles. The SMILES string of the molecule is O=C(O)NC(=O)c1ccccc1. The van der Waals surface area contributed by atoms with E-state index in [1.54, 1.807) is 23.5 Å². The number of amides is 2. The van der Waals surface area contributed by atoms with Gasteiger partial charge in [-0.05, 0) is 12.1 Å². The smallest absolute Gasteiger partial charge is 0.411 e. The molecular formula is C8H7NO3. The summed E-state index contributed by atoms with van der Waals surface area (Å²) in [6.45, 7) is 0. The summed E-state index contributed by atoms with van der Waals surface area (Å²) in [5.74, 6) is -0.608. The van der Waals surface area contributed by atoms with Gasteiger partial charge >= 0.3 is 6.09 Å². The van der Waals surface area contributed by atoms with Crippen molar-refractivity contribution >= 4 is 12.0 Å². The highest BCUT2D eigenvalue weighted by atomic mass is 16.4. The van der Waals surface area contributed by atoms with E-state index >= 15 is 0 Å². The Morgan fingerprint density at radius 2 is 1.75 bits per heavy atom. The number of benzene rings is 1. The summed E-state index contributed by atoms with van der Waals surface area (Å²) in [5, 5.41) is 9.95. The average Bonchev–Trinajstić information content (AvgIpc) is 2.05. The van der Waals surface area contributed by atoms with Crippen LogP contribution in [0.4, 0.5) is 4.79 Å². The summed E-state index contributed by atoms with van der Waals surface area (Å²) in [6.07, 6.45) is -1.34. The van der Waals surface area contributed by atoms with E-state index in [2.05, 4.69) is 0 Å². The van der Waals surface area contributed by atoms with Crippen molar-refractivity contribution in [1.82, 2.24) is 5.32 Å². The summed E-state index contributed by atoms with van der Waals surface area (Å²) in [5.41, 5.74) is 0.333. The van der Waals surface area contributed by atoms with Gasteiger partial charge in [-0.3, -0.25) is 10.1 Å². The molecule has 0 saturated carbocycles. The fraction of sp³-hybridized carbons (Fsp3) is 0. The zero-order valence-corrected chi connectivity index (χ0v) is 6.15. The Bertz CT molecular complexity index is 294. The van der Waals surface area contributed by atoms with E-state index < -0.39 is 12.0 Å². The lowest BCUT2D eigenvalue weighted by Gasteiger charge is -1.97. The van der Waals surface area contributed by atoms with Crippen molar-refractivity contribution in [3.63, 3.8) is 0 Å². The lowest BCUT2D eigenvalue weighted by Crippen LogP contribution is -2.28. The van der Waals surface area contributed by atoms with E-state index in [-0.39, 0.29) is 0 Å². The van der Waals surface area contributed by atoms with Crippen LogP contribution < -0.4 is 5.32 Å². The van der Waals surface area contributed by atoms with Gasteiger partial charge in [-0.15, -0.1) is 0 Å². The topological polar surface area (TPSA) is 66.4 Å². The molecule has 0 bridgehead atoms. The molecule has 1 rings (SSSR count). The molecule has 0 radical (unpaired) electrons. The second-order valence-corrected chi connectivity index (χ2v) is 2.13. The van der Waals surface area contributed by atoms with Gasteiger partial charge in [0.05, 0.1) is 0 Å². The van der Waals surface area contributed by atoms with Crippen molar-refractivity contribution in [3.8, 4) is 0 Å². The van der Waals surface area contributed by atoms with Gasteiger partial charge in [0, 0.05) is 5.56 Å². The first-order chi connectivity index (χ1) is 5.70. The van der Waals surface area contributed by atoms with E-state index in [1.807, 2.05) is 0 Å². The number of carboxylic acid groups (broad SMARTS) is 1. The average molecular weight is 165 g/mol. The number of hydrogen-bond donors (Lipinski definition) is 2. The number of rotatable bonds is 1. The van der Waals surface area contributed by atoms with Crippen LogP contribution in [0.1, 0.15) is 10.4 Å². The Kier molecular flexibility index (Phi) is 2.42.